The lowest BCUT2D eigenvalue weighted by atomic mass is 9.98. The van der Waals surface area contributed by atoms with Crippen molar-refractivity contribution < 1.29 is 23.0 Å². The Labute approximate surface area is 172 Å². The van der Waals surface area contributed by atoms with Crippen molar-refractivity contribution in [1.82, 2.24) is 10.2 Å². The molecule has 0 amide bonds. The molecule has 0 saturated carbocycles. The van der Waals surface area contributed by atoms with Crippen LogP contribution in [-0.2, 0) is 10.9 Å². The first-order chi connectivity index (χ1) is 14.1. The number of rotatable bonds is 2. The third-order valence-electron chi connectivity index (χ3n) is 5.29. The van der Waals surface area contributed by atoms with E-state index >= 15 is 0 Å². The first-order valence-electron chi connectivity index (χ1n) is 9.72. The topological polar surface area (TPSA) is 58.5 Å². The summed E-state index contributed by atoms with van der Waals surface area (Å²) in [7, 11) is 0. The highest BCUT2D eigenvalue weighted by atomic mass is 19.4. The number of aromatic hydroxyl groups is 1. The first kappa shape index (κ1) is 20.4. The summed E-state index contributed by atoms with van der Waals surface area (Å²) in [5, 5.41) is 20.7. The minimum Gasteiger partial charge on any atom is -0.507 e. The molecule has 0 spiro atoms. The summed E-state index contributed by atoms with van der Waals surface area (Å²) in [6, 6.07) is 8.64. The lowest BCUT2D eigenvalue weighted by molar-refractivity contribution is -0.137. The maximum atomic E-state index is 13.0. The van der Waals surface area contributed by atoms with E-state index in [1.807, 2.05) is 39.0 Å². The molecule has 0 bridgehead atoms. The number of benzene rings is 2. The first-order valence-corrected chi connectivity index (χ1v) is 9.72. The predicted molar refractivity (Wildman–Crippen MR) is 109 cm³/mol. The molecule has 1 N–H and O–H groups in total. The van der Waals surface area contributed by atoms with Gasteiger partial charge in [-0.05, 0) is 44.5 Å². The molecule has 158 valence electrons. The van der Waals surface area contributed by atoms with Crippen LogP contribution in [0.2, 0.25) is 0 Å². The van der Waals surface area contributed by atoms with E-state index in [9.17, 15) is 18.3 Å². The third kappa shape index (κ3) is 3.67. The van der Waals surface area contributed by atoms with Gasteiger partial charge in [0.2, 0.25) is 0 Å². The van der Waals surface area contributed by atoms with Crippen molar-refractivity contribution in [2.45, 2.75) is 39.2 Å². The van der Waals surface area contributed by atoms with Crippen LogP contribution in [-0.4, -0.2) is 40.6 Å². The molecule has 2 heterocycles. The van der Waals surface area contributed by atoms with Gasteiger partial charge in [0.05, 0.1) is 17.8 Å². The number of aromatic nitrogens is 2. The van der Waals surface area contributed by atoms with Gasteiger partial charge in [-0.3, -0.25) is 0 Å². The number of aryl methyl sites for hydroxylation is 1. The van der Waals surface area contributed by atoms with Crippen molar-refractivity contribution in [3.8, 4) is 17.0 Å². The van der Waals surface area contributed by atoms with E-state index < -0.39 is 17.5 Å². The van der Waals surface area contributed by atoms with Crippen LogP contribution in [0.5, 0.6) is 5.75 Å². The van der Waals surface area contributed by atoms with Crippen LogP contribution in [0.4, 0.5) is 19.0 Å². The highest BCUT2D eigenvalue weighted by Gasteiger charge is 2.32. The quantitative estimate of drug-likeness (QED) is 0.640. The monoisotopic (exact) mass is 417 g/mol. The van der Waals surface area contributed by atoms with Gasteiger partial charge in [-0.25, -0.2) is 0 Å². The summed E-state index contributed by atoms with van der Waals surface area (Å²) in [4.78, 5) is 2.12. The minimum atomic E-state index is -4.53. The van der Waals surface area contributed by atoms with E-state index in [-0.39, 0.29) is 17.8 Å². The molecule has 4 rings (SSSR count). The fourth-order valence-electron chi connectivity index (χ4n) is 4.05. The van der Waals surface area contributed by atoms with Crippen molar-refractivity contribution in [2.75, 3.05) is 18.0 Å². The summed E-state index contributed by atoms with van der Waals surface area (Å²) in [5.41, 5.74) is 0.551. The van der Waals surface area contributed by atoms with Crippen molar-refractivity contribution in [3.63, 3.8) is 0 Å². The van der Waals surface area contributed by atoms with E-state index in [2.05, 4.69) is 15.1 Å². The summed E-state index contributed by atoms with van der Waals surface area (Å²) < 4.78 is 44.8. The number of ether oxygens (including phenoxy) is 1. The molecule has 3 aromatic rings. The predicted octanol–water partition coefficient (Wildman–Crippen LogP) is 4.94. The van der Waals surface area contributed by atoms with Gasteiger partial charge >= 0.3 is 6.18 Å². The number of hydrogen-bond donors (Lipinski definition) is 1. The van der Waals surface area contributed by atoms with Gasteiger partial charge in [-0.15, -0.1) is 10.2 Å². The van der Waals surface area contributed by atoms with E-state index in [0.717, 1.165) is 28.5 Å². The maximum absolute atomic E-state index is 13.0. The lowest BCUT2D eigenvalue weighted by Crippen LogP contribution is -2.46. The standard InChI is InChI=1S/C22H22F3N3O2/c1-12-5-4-6-17-19(12)20(16-8-7-15(9-18(16)29)22(23,24)25)26-27-21(17)28-10-13(2)30-14(3)11-28/h4-9,13-14,29H,10-11H2,1-3H3/t13-,14?/m0/s1. The fraction of sp³-hybridized carbons (Fsp3) is 0.364. The number of anilines is 1. The molecule has 30 heavy (non-hydrogen) atoms. The van der Waals surface area contributed by atoms with Crippen molar-refractivity contribution >= 4 is 16.6 Å². The van der Waals surface area contributed by atoms with Crippen LogP contribution in [0.3, 0.4) is 0 Å². The lowest BCUT2D eigenvalue weighted by Gasteiger charge is -2.36. The summed E-state index contributed by atoms with van der Waals surface area (Å²) in [6.07, 6.45) is -4.46. The number of halogens is 3. The summed E-state index contributed by atoms with van der Waals surface area (Å²) in [5.74, 6) is 0.218. The molecule has 1 fully saturated rings. The number of alkyl halides is 3. The molecule has 0 aliphatic carbocycles. The van der Waals surface area contributed by atoms with Crippen molar-refractivity contribution in [3.05, 3.63) is 47.5 Å². The van der Waals surface area contributed by atoms with Crippen molar-refractivity contribution in [1.29, 1.82) is 0 Å². The van der Waals surface area contributed by atoms with E-state index in [0.29, 0.717) is 24.6 Å². The number of phenolic OH excluding ortho intramolecular Hbond substituents is 1. The zero-order valence-electron chi connectivity index (χ0n) is 16.9. The molecule has 2 aromatic carbocycles. The van der Waals surface area contributed by atoms with Crippen LogP contribution < -0.4 is 4.90 Å². The molecule has 2 atom stereocenters. The molecule has 1 unspecified atom stereocenters. The SMILES string of the molecule is Cc1cccc2c(N3CC(C)O[C@@H](C)C3)nnc(-c3ccc(C(F)(F)F)cc3O)c12. The van der Waals surface area contributed by atoms with Gasteiger partial charge in [-0.1, -0.05) is 18.2 Å². The molecule has 1 aliphatic heterocycles. The Morgan fingerprint density at radius 2 is 1.77 bits per heavy atom. The Balaban J connectivity index is 1.88. The Hall–Kier alpha value is -2.87. The van der Waals surface area contributed by atoms with Gasteiger partial charge in [0.1, 0.15) is 11.4 Å². The van der Waals surface area contributed by atoms with E-state index in [1.54, 1.807) is 0 Å². The van der Waals surface area contributed by atoms with Gasteiger partial charge in [0.25, 0.3) is 0 Å². The van der Waals surface area contributed by atoms with Crippen LogP contribution >= 0.6 is 0 Å². The Kier molecular flexibility index (Phi) is 5.05. The zero-order valence-corrected chi connectivity index (χ0v) is 16.9. The average molecular weight is 417 g/mol. The van der Waals surface area contributed by atoms with Gasteiger partial charge < -0.3 is 14.7 Å². The maximum Gasteiger partial charge on any atom is 0.416 e. The average Bonchev–Trinajstić information content (AvgIpc) is 2.66. The van der Waals surface area contributed by atoms with Gasteiger partial charge in [0, 0.05) is 29.4 Å². The van der Waals surface area contributed by atoms with Crippen LogP contribution in [0.25, 0.3) is 22.0 Å². The normalized spacial score (nSPS) is 20.0. The van der Waals surface area contributed by atoms with Crippen LogP contribution in [0.15, 0.2) is 36.4 Å². The van der Waals surface area contributed by atoms with Gasteiger partial charge in [-0.2, -0.15) is 13.2 Å². The molecule has 1 aliphatic rings. The third-order valence-corrected chi connectivity index (χ3v) is 5.29. The molecule has 8 heteroatoms. The zero-order chi connectivity index (χ0) is 21.6. The number of morpholine rings is 1. The second-order valence-electron chi connectivity index (χ2n) is 7.76. The Bertz CT molecular complexity index is 1090. The number of phenols is 1. The molecular formula is C22H22F3N3O2. The number of nitrogens with zero attached hydrogens (tertiary/aromatic N) is 3. The van der Waals surface area contributed by atoms with Crippen LogP contribution in [0, 0.1) is 6.92 Å². The molecule has 0 radical (unpaired) electrons. The minimum absolute atomic E-state index is 0.0362. The molecule has 1 saturated heterocycles. The molecule has 5 nitrogen and oxygen atoms in total. The van der Waals surface area contributed by atoms with E-state index in [4.69, 9.17) is 4.74 Å². The number of hydrogen-bond acceptors (Lipinski definition) is 5. The Morgan fingerprint density at radius 3 is 2.40 bits per heavy atom. The highest BCUT2D eigenvalue weighted by molar-refractivity contribution is 6.03. The molecule has 1 aromatic heterocycles. The summed E-state index contributed by atoms with van der Waals surface area (Å²) >= 11 is 0. The molecular weight excluding hydrogens is 395 g/mol. The highest BCUT2D eigenvalue weighted by Crippen LogP contribution is 2.40. The van der Waals surface area contributed by atoms with Gasteiger partial charge in [0.15, 0.2) is 5.82 Å². The second-order valence-corrected chi connectivity index (χ2v) is 7.76. The Morgan fingerprint density at radius 1 is 1.07 bits per heavy atom. The second kappa shape index (κ2) is 7.43. The number of fused-ring (bicyclic) bond motifs is 1. The van der Waals surface area contributed by atoms with Crippen molar-refractivity contribution in [2.24, 2.45) is 0 Å². The fourth-order valence-corrected chi connectivity index (χ4v) is 4.05. The smallest absolute Gasteiger partial charge is 0.416 e. The summed E-state index contributed by atoms with van der Waals surface area (Å²) in [6.45, 7) is 7.22. The van der Waals surface area contributed by atoms with Crippen LogP contribution in [0.1, 0.15) is 25.0 Å². The van der Waals surface area contributed by atoms with E-state index in [1.165, 1.54) is 6.07 Å². The largest absolute Gasteiger partial charge is 0.507 e.